The molecule has 0 bridgehead atoms. The van der Waals surface area contributed by atoms with Crippen LogP contribution in [0, 0.1) is 0 Å². The van der Waals surface area contributed by atoms with Crippen LogP contribution in [0.4, 0.5) is 4.39 Å². The van der Waals surface area contributed by atoms with Crippen LogP contribution in [0.15, 0.2) is 12.1 Å². The molecule has 19 heavy (non-hydrogen) atoms. The molecule has 1 aromatic rings. The van der Waals surface area contributed by atoms with Gasteiger partial charge in [-0.25, -0.2) is 4.39 Å². The second-order valence-electron chi connectivity index (χ2n) is 5.21. The van der Waals surface area contributed by atoms with Crippen LogP contribution in [0.5, 0.6) is 11.5 Å². The van der Waals surface area contributed by atoms with Crippen LogP contribution < -0.4 is 15.2 Å². The number of methoxy groups -OCH3 is 2. The summed E-state index contributed by atoms with van der Waals surface area (Å²) in [6, 6.07) is 3.55. The van der Waals surface area contributed by atoms with Crippen LogP contribution >= 0.6 is 0 Å². The van der Waals surface area contributed by atoms with Crippen molar-refractivity contribution in [3.63, 3.8) is 0 Å². The third kappa shape index (κ3) is 2.68. The molecule has 1 saturated carbocycles. The molecule has 0 aromatic heterocycles. The highest BCUT2D eigenvalue weighted by Gasteiger charge is 2.32. The number of hydrogen-bond donors (Lipinski definition) is 1. The van der Waals surface area contributed by atoms with E-state index < -0.39 is 12.2 Å². The van der Waals surface area contributed by atoms with Crippen molar-refractivity contribution < 1.29 is 13.9 Å². The van der Waals surface area contributed by atoms with Crippen LogP contribution in [-0.2, 0) is 12.2 Å². The molecule has 2 N–H and O–H groups in total. The molecule has 1 aromatic carbocycles. The maximum Gasteiger partial charge on any atom is 0.161 e. The van der Waals surface area contributed by atoms with Gasteiger partial charge >= 0.3 is 0 Å². The Labute approximate surface area is 113 Å². The van der Waals surface area contributed by atoms with Crippen molar-refractivity contribution in [3.05, 3.63) is 23.3 Å². The lowest BCUT2D eigenvalue weighted by atomic mass is 9.76. The molecule has 1 fully saturated rings. The number of hydrogen-bond acceptors (Lipinski definition) is 3. The van der Waals surface area contributed by atoms with Gasteiger partial charge < -0.3 is 15.2 Å². The van der Waals surface area contributed by atoms with E-state index in [0.717, 1.165) is 31.2 Å². The zero-order chi connectivity index (χ0) is 13.9. The van der Waals surface area contributed by atoms with E-state index >= 15 is 0 Å². The topological polar surface area (TPSA) is 44.5 Å². The van der Waals surface area contributed by atoms with E-state index in [1.165, 1.54) is 6.42 Å². The Morgan fingerprint density at radius 3 is 2.21 bits per heavy atom. The Morgan fingerprint density at radius 2 is 1.68 bits per heavy atom. The Balaban J connectivity index is 2.48. The highest BCUT2D eigenvalue weighted by atomic mass is 19.1. The standard InChI is InChI=1S/C15H22FNO2/c1-18-13-8-11(10-16)12(9-14(13)19-2)15(17)6-4-3-5-7-15/h8-9H,3-7,10,17H2,1-2H3. The molecule has 0 saturated heterocycles. The first-order chi connectivity index (χ1) is 9.14. The number of ether oxygens (including phenoxy) is 2. The van der Waals surface area contributed by atoms with Gasteiger partial charge in [0.2, 0.25) is 0 Å². The first-order valence-electron chi connectivity index (χ1n) is 6.75. The van der Waals surface area contributed by atoms with Crippen molar-refractivity contribution in [2.75, 3.05) is 14.2 Å². The van der Waals surface area contributed by atoms with Gasteiger partial charge in [-0.3, -0.25) is 0 Å². The molecular formula is C15H22FNO2. The average Bonchev–Trinajstić information content (AvgIpc) is 2.46. The lowest BCUT2D eigenvalue weighted by Gasteiger charge is -2.35. The van der Waals surface area contributed by atoms with E-state index in [1.54, 1.807) is 20.3 Å². The van der Waals surface area contributed by atoms with E-state index in [4.69, 9.17) is 15.2 Å². The molecule has 4 heteroatoms. The molecule has 106 valence electrons. The van der Waals surface area contributed by atoms with Crippen LogP contribution in [0.25, 0.3) is 0 Å². The van der Waals surface area contributed by atoms with E-state index in [2.05, 4.69) is 0 Å². The molecule has 0 unspecified atom stereocenters. The van der Waals surface area contributed by atoms with Crippen molar-refractivity contribution in [2.45, 2.75) is 44.3 Å². The smallest absolute Gasteiger partial charge is 0.161 e. The molecule has 1 aliphatic rings. The van der Waals surface area contributed by atoms with Gasteiger partial charge in [0.15, 0.2) is 11.5 Å². The number of benzene rings is 1. The van der Waals surface area contributed by atoms with Gasteiger partial charge in [-0.05, 0) is 36.1 Å². The summed E-state index contributed by atoms with van der Waals surface area (Å²) < 4.78 is 23.8. The summed E-state index contributed by atoms with van der Waals surface area (Å²) in [5.41, 5.74) is 7.56. The minimum atomic E-state index is -0.533. The number of alkyl halides is 1. The molecule has 3 nitrogen and oxygen atoms in total. The molecule has 2 rings (SSSR count). The van der Waals surface area contributed by atoms with Gasteiger partial charge in [0, 0.05) is 5.54 Å². The highest BCUT2D eigenvalue weighted by molar-refractivity contribution is 5.49. The Morgan fingerprint density at radius 1 is 1.11 bits per heavy atom. The SMILES string of the molecule is COc1cc(CF)c(C2(N)CCCCC2)cc1OC. The summed E-state index contributed by atoms with van der Waals surface area (Å²) in [5, 5.41) is 0. The second kappa shape index (κ2) is 5.78. The molecule has 0 heterocycles. The van der Waals surface area contributed by atoms with Crippen LogP contribution in [0.3, 0.4) is 0 Å². The summed E-state index contributed by atoms with van der Waals surface area (Å²) in [5.74, 6) is 1.17. The Kier molecular flexibility index (Phi) is 4.30. The van der Waals surface area contributed by atoms with Crippen molar-refractivity contribution in [3.8, 4) is 11.5 Å². The lowest BCUT2D eigenvalue weighted by molar-refractivity contribution is 0.293. The van der Waals surface area contributed by atoms with E-state index in [1.807, 2.05) is 6.07 Å². The monoisotopic (exact) mass is 267 g/mol. The van der Waals surface area contributed by atoms with Gasteiger partial charge in [0.1, 0.15) is 6.67 Å². The molecule has 0 atom stereocenters. The summed E-state index contributed by atoms with van der Waals surface area (Å²) in [6.45, 7) is -0.533. The van der Waals surface area contributed by atoms with Crippen LogP contribution in [0.1, 0.15) is 43.2 Å². The number of halogens is 1. The predicted molar refractivity (Wildman–Crippen MR) is 73.3 cm³/mol. The largest absolute Gasteiger partial charge is 0.493 e. The Hall–Kier alpha value is -1.29. The van der Waals surface area contributed by atoms with Gasteiger partial charge in [0.05, 0.1) is 14.2 Å². The zero-order valence-electron chi connectivity index (χ0n) is 11.7. The maximum atomic E-state index is 13.3. The maximum absolute atomic E-state index is 13.3. The second-order valence-corrected chi connectivity index (χ2v) is 5.21. The summed E-state index contributed by atoms with van der Waals surface area (Å²) in [4.78, 5) is 0. The predicted octanol–water partition coefficient (Wildman–Crippen LogP) is 3.29. The van der Waals surface area contributed by atoms with Crippen LogP contribution in [-0.4, -0.2) is 14.2 Å². The van der Waals surface area contributed by atoms with E-state index in [0.29, 0.717) is 17.1 Å². The number of nitrogens with two attached hydrogens (primary N) is 1. The first kappa shape index (κ1) is 14.1. The van der Waals surface area contributed by atoms with Crippen molar-refractivity contribution >= 4 is 0 Å². The molecule has 0 radical (unpaired) electrons. The fourth-order valence-electron chi connectivity index (χ4n) is 2.95. The van der Waals surface area contributed by atoms with Crippen LogP contribution in [0.2, 0.25) is 0 Å². The molecule has 1 aliphatic carbocycles. The molecule has 0 amide bonds. The highest BCUT2D eigenvalue weighted by Crippen LogP contribution is 2.41. The van der Waals surface area contributed by atoms with Gasteiger partial charge in [-0.15, -0.1) is 0 Å². The third-order valence-corrected chi connectivity index (χ3v) is 4.04. The first-order valence-corrected chi connectivity index (χ1v) is 6.75. The van der Waals surface area contributed by atoms with Crippen molar-refractivity contribution in [2.24, 2.45) is 5.73 Å². The molecular weight excluding hydrogens is 245 g/mol. The van der Waals surface area contributed by atoms with E-state index in [9.17, 15) is 4.39 Å². The molecule has 0 spiro atoms. The molecule has 0 aliphatic heterocycles. The normalized spacial score (nSPS) is 18.1. The number of rotatable bonds is 4. The summed E-state index contributed by atoms with van der Waals surface area (Å²) in [7, 11) is 3.14. The van der Waals surface area contributed by atoms with Crippen molar-refractivity contribution in [1.82, 2.24) is 0 Å². The summed E-state index contributed by atoms with van der Waals surface area (Å²) in [6.07, 6.45) is 5.19. The fraction of sp³-hybridized carbons (Fsp3) is 0.600. The summed E-state index contributed by atoms with van der Waals surface area (Å²) >= 11 is 0. The third-order valence-electron chi connectivity index (χ3n) is 4.04. The van der Waals surface area contributed by atoms with E-state index in [-0.39, 0.29) is 0 Å². The van der Waals surface area contributed by atoms with Gasteiger partial charge in [0.25, 0.3) is 0 Å². The quantitative estimate of drug-likeness (QED) is 0.910. The van der Waals surface area contributed by atoms with Gasteiger partial charge in [-0.1, -0.05) is 19.3 Å². The lowest BCUT2D eigenvalue weighted by Crippen LogP contribution is -2.39. The van der Waals surface area contributed by atoms with Gasteiger partial charge in [-0.2, -0.15) is 0 Å². The van der Waals surface area contributed by atoms with Crippen molar-refractivity contribution in [1.29, 1.82) is 0 Å². The fourth-order valence-corrected chi connectivity index (χ4v) is 2.95. The zero-order valence-corrected chi connectivity index (χ0v) is 11.7. The average molecular weight is 267 g/mol. The Bertz CT molecular complexity index is 442. The minimum absolute atomic E-state index is 0.431. The minimum Gasteiger partial charge on any atom is -0.493 e.